The van der Waals surface area contributed by atoms with Crippen LogP contribution in [-0.2, 0) is 0 Å². The summed E-state index contributed by atoms with van der Waals surface area (Å²) in [6.45, 7) is 6.20. The summed E-state index contributed by atoms with van der Waals surface area (Å²) in [6.07, 6.45) is 0. The van der Waals surface area contributed by atoms with E-state index >= 15 is 0 Å². The molecule has 0 aliphatic heterocycles. The van der Waals surface area contributed by atoms with Crippen LogP contribution in [-0.4, -0.2) is 9.38 Å². The molecule has 0 unspecified atom stereocenters. The molecule has 3 heteroatoms. The predicted molar refractivity (Wildman–Crippen MR) is 79.3 cm³/mol. The molecule has 1 aromatic carbocycles. The summed E-state index contributed by atoms with van der Waals surface area (Å²) in [5.74, 6) is 0.707. The molecule has 0 amide bonds. The summed E-state index contributed by atoms with van der Waals surface area (Å²) in [6, 6.07) is 12.4. The van der Waals surface area contributed by atoms with E-state index in [4.69, 9.17) is 5.73 Å². The van der Waals surface area contributed by atoms with Gasteiger partial charge in [0.05, 0.1) is 0 Å². The minimum absolute atomic E-state index is 0.707. The van der Waals surface area contributed by atoms with Crippen LogP contribution in [0, 0.1) is 20.8 Å². The molecule has 0 saturated carbocycles. The quantitative estimate of drug-likeness (QED) is 0.719. The molecule has 0 fully saturated rings. The molecule has 0 radical (unpaired) electrons. The van der Waals surface area contributed by atoms with Gasteiger partial charge in [-0.05, 0) is 44.5 Å². The minimum atomic E-state index is 0.707. The standard InChI is InChI=1S/C16H17N3/c1-10-5-4-6-13(8-10)15-16(17)19-12(3)7-11(2)9-14(19)18-15/h4-9H,17H2,1-3H3. The van der Waals surface area contributed by atoms with Gasteiger partial charge in [-0.15, -0.1) is 0 Å². The first kappa shape index (κ1) is 11.8. The van der Waals surface area contributed by atoms with E-state index in [1.54, 1.807) is 0 Å². The van der Waals surface area contributed by atoms with E-state index in [1.807, 2.05) is 16.5 Å². The van der Waals surface area contributed by atoms with Crippen LogP contribution in [0.15, 0.2) is 36.4 Å². The first-order valence-electron chi connectivity index (χ1n) is 6.38. The van der Waals surface area contributed by atoms with Crippen LogP contribution in [0.2, 0.25) is 0 Å². The normalized spacial score (nSPS) is 11.1. The van der Waals surface area contributed by atoms with Crippen LogP contribution in [0.5, 0.6) is 0 Å². The summed E-state index contributed by atoms with van der Waals surface area (Å²) >= 11 is 0. The maximum Gasteiger partial charge on any atom is 0.139 e. The van der Waals surface area contributed by atoms with E-state index < -0.39 is 0 Å². The zero-order valence-electron chi connectivity index (χ0n) is 11.4. The largest absolute Gasteiger partial charge is 0.383 e. The van der Waals surface area contributed by atoms with E-state index in [9.17, 15) is 0 Å². The number of fused-ring (bicyclic) bond motifs is 1. The lowest BCUT2D eigenvalue weighted by Crippen LogP contribution is -1.98. The number of hydrogen-bond donors (Lipinski definition) is 1. The van der Waals surface area contributed by atoms with Crippen molar-refractivity contribution in [3.05, 3.63) is 53.2 Å². The second kappa shape index (κ2) is 4.12. The maximum absolute atomic E-state index is 6.27. The van der Waals surface area contributed by atoms with E-state index in [1.165, 1.54) is 11.1 Å². The van der Waals surface area contributed by atoms with Crippen LogP contribution < -0.4 is 5.73 Å². The molecule has 2 aromatic heterocycles. The highest BCUT2D eigenvalue weighted by Gasteiger charge is 2.13. The van der Waals surface area contributed by atoms with Crippen molar-refractivity contribution in [3.63, 3.8) is 0 Å². The zero-order valence-corrected chi connectivity index (χ0v) is 11.4. The van der Waals surface area contributed by atoms with Gasteiger partial charge < -0.3 is 5.73 Å². The summed E-state index contributed by atoms with van der Waals surface area (Å²) in [7, 11) is 0. The van der Waals surface area contributed by atoms with Gasteiger partial charge in [-0.3, -0.25) is 4.40 Å². The molecule has 3 nitrogen and oxygen atoms in total. The van der Waals surface area contributed by atoms with Gasteiger partial charge in [-0.25, -0.2) is 4.98 Å². The van der Waals surface area contributed by atoms with Crippen LogP contribution in [0.3, 0.4) is 0 Å². The van der Waals surface area contributed by atoms with Crippen molar-refractivity contribution < 1.29 is 0 Å². The van der Waals surface area contributed by atoms with E-state index in [0.717, 1.165) is 22.6 Å². The molecule has 0 aliphatic rings. The van der Waals surface area contributed by atoms with Crippen molar-refractivity contribution >= 4 is 11.5 Å². The van der Waals surface area contributed by atoms with Gasteiger partial charge in [0.25, 0.3) is 0 Å². The highest BCUT2D eigenvalue weighted by Crippen LogP contribution is 2.28. The molecular formula is C16H17N3. The van der Waals surface area contributed by atoms with E-state index in [0.29, 0.717) is 5.82 Å². The number of anilines is 1. The molecule has 0 saturated heterocycles. The monoisotopic (exact) mass is 251 g/mol. The molecule has 0 bridgehead atoms. The molecule has 0 aliphatic carbocycles. The molecule has 3 rings (SSSR count). The first-order valence-corrected chi connectivity index (χ1v) is 6.38. The fourth-order valence-electron chi connectivity index (χ4n) is 2.56. The van der Waals surface area contributed by atoms with Gasteiger partial charge in [0.15, 0.2) is 0 Å². The lowest BCUT2D eigenvalue weighted by Gasteiger charge is -2.04. The Bertz CT molecular complexity index is 769. The Hall–Kier alpha value is -2.29. The van der Waals surface area contributed by atoms with Gasteiger partial charge >= 0.3 is 0 Å². The Balaban J connectivity index is 2.31. The van der Waals surface area contributed by atoms with Crippen molar-refractivity contribution in [1.29, 1.82) is 0 Å². The molecule has 2 N–H and O–H groups in total. The third kappa shape index (κ3) is 1.87. The minimum Gasteiger partial charge on any atom is -0.383 e. The molecule has 0 spiro atoms. The number of pyridine rings is 1. The number of aromatic nitrogens is 2. The molecular weight excluding hydrogens is 234 g/mol. The summed E-state index contributed by atoms with van der Waals surface area (Å²) < 4.78 is 2.00. The molecule has 2 heterocycles. The van der Waals surface area contributed by atoms with Crippen molar-refractivity contribution in [3.8, 4) is 11.3 Å². The Labute approximate surface area is 112 Å². The highest BCUT2D eigenvalue weighted by molar-refractivity contribution is 5.75. The number of rotatable bonds is 1. The van der Waals surface area contributed by atoms with E-state index in [-0.39, 0.29) is 0 Å². The number of imidazole rings is 1. The van der Waals surface area contributed by atoms with Crippen LogP contribution >= 0.6 is 0 Å². The Morgan fingerprint density at radius 1 is 1.00 bits per heavy atom. The lowest BCUT2D eigenvalue weighted by atomic mass is 10.1. The van der Waals surface area contributed by atoms with Crippen LogP contribution in [0.25, 0.3) is 16.9 Å². The van der Waals surface area contributed by atoms with Crippen molar-refractivity contribution in [2.75, 3.05) is 5.73 Å². The third-order valence-corrected chi connectivity index (χ3v) is 3.38. The number of hydrogen-bond acceptors (Lipinski definition) is 2. The number of nitrogen functional groups attached to an aromatic ring is 1. The molecule has 0 atom stereocenters. The summed E-state index contributed by atoms with van der Waals surface area (Å²) in [4.78, 5) is 4.68. The average molecular weight is 251 g/mol. The van der Waals surface area contributed by atoms with Crippen molar-refractivity contribution in [2.24, 2.45) is 0 Å². The Morgan fingerprint density at radius 3 is 2.53 bits per heavy atom. The molecule has 96 valence electrons. The number of aryl methyl sites for hydroxylation is 3. The van der Waals surface area contributed by atoms with Crippen molar-refractivity contribution in [2.45, 2.75) is 20.8 Å². The summed E-state index contributed by atoms with van der Waals surface area (Å²) in [5, 5.41) is 0. The fraction of sp³-hybridized carbons (Fsp3) is 0.188. The maximum atomic E-state index is 6.27. The van der Waals surface area contributed by atoms with Crippen LogP contribution in [0.4, 0.5) is 5.82 Å². The molecule has 3 aromatic rings. The molecule has 19 heavy (non-hydrogen) atoms. The fourth-order valence-corrected chi connectivity index (χ4v) is 2.56. The smallest absolute Gasteiger partial charge is 0.139 e. The average Bonchev–Trinajstić information content (AvgIpc) is 2.66. The van der Waals surface area contributed by atoms with Gasteiger partial charge in [0.2, 0.25) is 0 Å². The Morgan fingerprint density at radius 2 is 1.79 bits per heavy atom. The van der Waals surface area contributed by atoms with Crippen molar-refractivity contribution in [1.82, 2.24) is 9.38 Å². The second-order valence-corrected chi connectivity index (χ2v) is 5.08. The van der Waals surface area contributed by atoms with Gasteiger partial charge in [0, 0.05) is 11.3 Å². The topological polar surface area (TPSA) is 43.3 Å². The summed E-state index contributed by atoms with van der Waals surface area (Å²) in [5.41, 5.74) is 12.6. The Kier molecular flexibility index (Phi) is 2.56. The zero-order chi connectivity index (χ0) is 13.6. The van der Waals surface area contributed by atoms with Gasteiger partial charge in [-0.1, -0.05) is 23.8 Å². The second-order valence-electron chi connectivity index (χ2n) is 5.08. The third-order valence-electron chi connectivity index (χ3n) is 3.38. The van der Waals surface area contributed by atoms with Gasteiger partial charge in [0.1, 0.15) is 17.2 Å². The first-order chi connectivity index (χ1) is 9.06. The van der Waals surface area contributed by atoms with E-state index in [2.05, 4.69) is 50.0 Å². The number of nitrogens with two attached hydrogens (primary N) is 1. The number of benzene rings is 1. The number of nitrogens with zero attached hydrogens (tertiary/aromatic N) is 2. The van der Waals surface area contributed by atoms with Crippen LogP contribution in [0.1, 0.15) is 16.8 Å². The highest BCUT2D eigenvalue weighted by atomic mass is 15.1. The van der Waals surface area contributed by atoms with Gasteiger partial charge in [-0.2, -0.15) is 0 Å². The SMILES string of the molecule is Cc1cccc(-c2nc3cc(C)cc(C)n3c2N)c1. The lowest BCUT2D eigenvalue weighted by molar-refractivity contribution is 1.09. The predicted octanol–water partition coefficient (Wildman–Crippen LogP) is 3.51.